The largest absolute Gasteiger partial charge is 0.390 e. The van der Waals surface area contributed by atoms with Gasteiger partial charge >= 0.3 is 0 Å². The molecule has 5 nitrogen and oxygen atoms in total. The minimum Gasteiger partial charge on any atom is -0.390 e. The van der Waals surface area contributed by atoms with E-state index in [1.165, 1.54) is 4.88 Å². The highest BCUT2D eigenvalue weighted by molar-refractivity contribution is 7.16. The first-order chi connectivity index (χ1) is 8.18. The van der Waals surface area contributed by atoms with Gasteiger partial charge in [-0.25, -0.2) is 0 Å². The molecular weight excluding hydrogens is 234 g/mol. The molecule has 0 saturated heterocycles. The highest BCUT2D eigenvalue weighted by atomic mass is 32.1. The lowest BCUT2D eigenvalue weighted by Gasteiger charge is -1.99. The molecule has 3 aromatic heterocycles. The molecule has 0 fully saturated rings. The van der Waals surface area contributed by atoms with Crippen molar-refractivity contribution >= 4 is 22.0 Å². The van der Waals surface area contributed by atoms with Crippen molar-refractivity contribution in [2.24, 2.45) is 0 Å². The molecule has 6 heteroatoms. The van der Waals surface area contributed by atoms with E-state index >= 15 is 0 Å². The van der Waals surface area contributed by atoms with Gasteiger partial charge in [0.2, 0.25) is 0 Å². The van der Waals surface area contributed by atoms with E-state index in [2.05, 4.69) is 22.2 Å². The Morgan fingerprint density at radius 3 is 2.82 bits per heavy atom. The summed E-state index contributed by atoms with van der Waals surface area (Å²) in [6, 6.07) is 3.71. The summed E-state index contributed by atoms with van der Waals surface area (Å²) in [6.45, 7) is 4.10. The lowest BCUT2D eigenvalue weighted by molar-refractivity contribution is 0.935. The van der Waals surface area contributed by atoms with Crippen LogP contribution in [0.25, 0.3) is 17.0 Å². The molecular formula is C11H11N5S. The highest BCUT2D eigenvalue weighted by Crippen LogP contribution is 2.36. The van der Waals surface area contributed by atoms with Crippen molar-refractivity contribution in [1.82, 2.24) is 19.8 Å². The number of hydrogen-bond donors (Lipinski definition) is 1. The first-order valence-electron chi connectivity index (χ1n) is 5.20. The molecule has 17 heavy (non-hydrogen) atoms. The molecule has 0 saturated carbocycles. The summed E-state index contributed by atoms with van der Waals surface area (Å²) in [5.41, 5.74) is 8.85. The summed E-state index contributed by atoms with van der Waals surface area (Å²) in [4.78, 5) is 1.20. The van der Waals surface area contributed by atoms with Crippen molar-refractivity contribution < 1.29 is 0 Å². The van der Waals surface area contributed by atoms with E-state index in [0.29, 0.717) is 5.82 Å². The van der Waals surface area contributed by atoms with Crippen LogP contribution >= 0.6 is 11.3 Å². The number of anilines is 1. The molecule has 0 aliphatic rings. The number of thiophene rings is 1. The summed E-state index contributed by atoms with van der Waals surface area (Å²) >= 11 is 1.57. The Labute approximate surface area is 102 Å². The van der Waals surface area contributed by atoms with Crippen LogP contribution in [-0.4, -0.2) is 19.8 Å². The number of nitrogens with two attached hydrogens (primary N) is 1. The molecule has 3 heterocycles. The van der Waals surface area contributed by atoms with E-state index in [9.17, 15) is 0 Å². The zero-order valence-corrected chi connectivity index (χ0v) is 10.3. The zero-order valence-electron chi connectivity index (χ0n) is 9.51. The van der Waals surface area contributed by atoms with Crippen molar-refractivity contribution in [3.8, 4) is 11.4 Å². The number of fused-ring (bicyclic) bond motifs is 1. The fourth-order valence-electron chi connectivity index (χ4n) is 1.83. The van der Waals surface area contributed by atoms with Gasteiger partial charge in [-0.2, -0.15) is 9.61 Å². The van der Waals surface area contributed by atoms with Crippen LogP contribution in [0.4, 0.5) is 5.00 Å². The fourth-order valence-corrected chi connectivity index (χ4v) is 2.76. The Morgan fingerprint density at radius 1 is 1.29 bits per heavy atom. The van der Waals surface area contributed by atoms with Crippen LogP contribution in [-0.2, 0) is 0 Å². The van der Waals surface area contributed by atoms with Gasteiger partial charge in [0.05, 0.1) is 10.6 Å². The molecule has 2 N–H and O–H groups in total. The van der Waals surface area contributed by atoms with Gasteiger partial charge in [-0.15, -0.1) is 21.5 Å². The van der Waals surface area contributed by atoms with Crippen LogP contribution in [0.3, 0.4) is 0 Å². The predicted molar refractivity (Wildman–Crippen MR) is 68.0 cm³/mol. The van der Waals surface area contributed by atoms with Crippen LogP contribution in [0.5, 0.6) is 0 Å². The minimum atomic E-state index is 0.708. The van der Waals surface area contributed by atoms with E-state index in [1.807, 2.05) is 19.1 Å². The third kappa shape index (κ3) is 1.41. The first-order valence-corrected chi connectivity index (χ1v) is 6.02. The average Bonchev–Trinajstić information content (AvgIpc) is 2.82. The molecule has 0 aliphatic heterocycles. The lowest BCUT2D eigenvalue weighted by Crippen LogP contribution is -1.96. The highest BCUT2D eigenvalue weighted by Gasteiger charge is 2.17. The Balaban J connectivity index is 2.35. The molecule has 0 spiro atoms. The second-order valence-electron chi connectivity index (χ2n) is 3.84. The van der Waals surface area contributed by atoms with Gasteiger partial charge in [0.1, 0.15) is 0 Å². The second-order valence-corrected chi connectivity index (χ2v) is 5.10. The maximum atomic E-state index is 6.03. The number of nitrogens with zero attached hydrogens (tertiary/aromatic N) is 4. The molecule has 0 radical (unpaired) electrons. The summed E-state index contributed by atoms with van der Waals surface area (Å²) < 4.78 is 1.71. The van der Waals surface area contributed by atoms with Crippen molar-refractivity contribution in [1.29, 1.82) is 0 Å². The summed E-state index contributed by atoms with van der Waals surface area (Å²) in [6.07, 6.45) is 1.71. The summed E-state index contributed by atoms with van der Waals surface area (Å²) in [7, 11) is 0. The standard InChI is InChI=1S/C11H11N5S/c1-6-7(2)17-10(12)9(6)11-15-14-8-4-3-5-13-16(8)11/h3-5H,12H2,1-2H3. The van der Waals surface area contributed by atoms with Gasteiger partial charge in [0, 0.05) is 11.1 Å². The number of aryl methyl sites for hydroxylation is 1. The number of aromatic nitrogens is 4. The summed E-state index contributed by atoms with van der Waals surface area (Å²) in [5.74, 6) is 0.708. The lowest BCUT2D eigenvalue weighted by atomic mass is 10.1. The van der Waals surface area contributed by atoms with E-state index in [4.69, 9.17) is 5.73 Å². The fraction of sp³-hybridized carbons (Fsp3) is 0.182. The summed E-state index contributed by atoms with van der Waals surface area (Å²) in [5, 5.41) is 13.3. The smallest absolute Gasteiger partial charge is 0.188 e. The van der Waals surface area contributed by atoms with Gasteiger partial charge in [-0.1, -0.05) is 0 Å². The van der Waals surface area contributed by atoms with Gasteiger partial charge in [-0.3, -0.25) is 0 Å². The average molecular weight is 245 g/mol. The van der Waals surface area contributed by atoms with Gasteiger partial charge in [0.15, 0.2) is 11.5 Å². The topological polar surface area (TPSA) is 69.1 Å². The van der Waals surface area contributed by atoms with Gasteiger partial charge in [-0.05, 0) is 31.5 Å². The normalized spacial score (nSPS) is 11.2. The molecule has 0 unspecified atom stereocenters. The van der Waals surface area contributed by atoms with Crippen molar-refractivity contribution in [3.63, 3.8) is 0 Å². The molecule has 0 aliphatic carbocycles. The van der Waals surface area contributed by atoms with Crippen LogP contribution in [0.1, 0.15) is 10.4 Å². The monoisotopic (exact) mass is 245 g/mol. The third-order valence-electron chi connectivity index (χ3n) is 2.81. The van der Waals surface area contributed by atoms with Crippen molar-refractivity contribution in [2.45, 2.75) is 13.8 Å². The Kier molecular flexibility index (Phi) is 2.12. The molecule has 86 valence electrons. The number of hydrogen-bond acceptors (Lipinski definition) is 5. The van der Waals surface area contributed by atoms with E-state index in [1.54, 1.807) is 22.0 Å². The van der Waals surface area contributed by atoms with Crippen LogP contribution in [0, 0.1) is 13.8 Å². The SMILES string of the molecule is Cc1sc(N)c(-c2nnc3cccnn23)c1C. The van der Waals surface area contributed by atoms with Gasteiger partial charge < -0.3 is 5.73 Å². The van der Waals surface area contributed by atoms with E-state index in [0.717, 1.165) is 21.8 Å². The molecule has 3 rings (SSSR count). The first kappa shape index (κ1) is 10.2. The molecule has 3 aromatic rings. The molecule has 0 amide bonds. The van der Waals surface area contributed by atoms with Crippen LogP contribution < -0.4 is 5.73 Å². The van der Waals surface area contributed by atoms with Crippen LogP contribution in [0.2, 0.25) is 0 Å². The molecule has 0 atom stereocenters. The maximum Gasteiger partial charge on any atom is 0.188 e. The Bertz CT molecular complexity index is 697. The van der Waals surface area contributed by atoms with Crippen molar-refractivity contribution in [3.05, 3.63) is 28.8 Å². The minimum absolute atomic E-state index is 0.708. The van der Waals surface area contributed by atoms with Gasteiger partial charge in [0.25, 0.3) is 0 Å². The third-order valence-corrected chi connectivity index (χ3v) is 3.85. The van der Waals surface area contributed by atoms with Crippen LogP contribution in [0.15, 0.2) is 18.3 Å². The number of rotatable bonds is 1. The Hall–Kier alpha value is -1.95. The predicted octanol–water partition coefficient (Wildman–Crippen LogP) is 2.05. The van der Waals surface area contributed by atoms with Crippen molar-refractivity contribution in [2.75, 3.05) is 5.73 Å². The van der Waals surface area contributed by atoms with E-state index < -0.39 is 0 Å². The number of nitrogen functional groups attached to an aromatic ring is 1. The van der Waals surface area contributed by atoms with E-state index in [-0.39, 0.29) is 0 Å². The second kappa shape index (κ2) is 3.53. The molecule has 0 aromatic carbocycles. The maximum absolute atomic E-state index is 6.03. The molecule has 0 bridgehead atoms. The quantitative estimate of drug-likeness (QED) is 0.712. The zero-order chi connectivity index (χ0) is 12.0. The Morgan fingerprint density at radius 2 is 2.12 bits per heavy atom.